The van der Waals surface area contributed by atoms with Crippen molar-refractivity contribution in [2.24, 2.45) is 0 Å². The molecule has 2 aromatic carbocycles. The predicted octanol–water partition coefficient (Wildman–Crippen LogP) is 5.99. The first kappa shape index (κ1) is 23.2. The second-order valence-electron chi connectivity index (χ2n) is 7.35. The Morgan fingerprint density at radius 2 is 1.79 bits per heavy atom. The first-order chi connectivity index (χ1) is 15.8. The summed E-state index contributed by atoms with van der Waals surface area (Å²) < 4.78 is 8.98. The average molecular weight is 505 g/mol. The van der Waals surface area contributed by atoms with Crippen LogP contribution in [0.1, 0.15) is 27.4 Å². The maximum absolute atomic E-state index is 12.8. The smallest absolute Gasteiger partial charge is 0.276 e. The Morgan fingerprint density at radius 1 is 1.00 bits per heavy atom. The fourth-order valence-electron chi connectivity index (χ4n) is 3.27. The molecule has 4 aromatic rings. The highest BCUT2D eigenvalue weighted by molar-refractivity contribution is 6.42. The van der Waals surface area contributed by atoms with E-state index in [0.717, 1.165) is 11.3 Å². The molecule has 10 heteroatoms. The number of benzene rings is 2. The lowest BCUT2D eigenvalue weighted by molar-refractivity contribution is 0.102. The van der Waals surface area contributed by atoms with Crippen LogP contribution in [0.5, 0.6) is 5.75 Å². The first-order valence-corrected chi connectivity index (χ1v) is 11.2. The molecule has 2 aromatic heterocycles. The Kier molecular flexibility index (Phi) is 6.93. The number of aromatic nitrogens is 4. The molecule has 0 spiro atoms. The fraction of sp³-hybridized carbons (Fsp3) is 0.174. The second kappa shape index (κ2) is 9.87. The molecule has 0 aliphatic heterocycles. The second-order valence-corrected chi connectivity index (χ2v) is 8.57. The van der Waals surface area contributed by atoms with Gasteiger partial charge in [-0.25, -0.2) is 4.68 Å². The Balaban J connectivity index is 1.43. The van der Waals surface area contributed by atoms with Gasteiger partial charge in [-0.2, -0.15) is 10.2 Å². The number of anilines is 1. The van der Waals surface area contributed by atoms with Crippen LogP contribution in [-0.4, -0.2) is 25.5 Å². The van der Waals surface area contributed by atoms with Crippen molar-refractivity contribution in [1.29, 1.82) is 0 Å². The molecular formula is C23H20Cl3N5O2. The first-order valence-electron chi connectivity index (χ1n) is 10.0. The van der Waals surface area contributed by atoms with Gasteiger partial charge in [0.1, 0.15) is 5.75 Å². The van der Waals surface area contributed by atoms with E-state index >= 15 is 0 Å². The van der Waals surface area contributed by atoms with Gasteiger partial charge in [-0.3, -0.25) is 9.48 Å². The van der Waals surface area contributed by atoms with E-state index in [2.05, 4.69) is 15.5 Å². The van der Waals surface area contributed by atoms with E-state index in [9.17, 15) is 4.79 Å². The van der Waals surface area contributed by atoms with Gasteiger partial charge in [0.15, 0.2) is 12.4 Å². The van der Waals surface area contributed by atoms with Gasteiger partial charge in [0.25, 0.3) is 5.91 Å². The number of aryl methyl sites for hydroxylation is 1. The topological polar surface area (TPSA) is 74.0 Å². The van der Waals surface area contributed by atoms with Crippen LogP contribution < -0.4 is 10.1 Å². The SMILES string of the molecule is Cc1nn(Cc2ccc(Cl)c(Cl)c2)c(C)c1NC(=O)c1ccn(COc2ccccc2Cl)n1. The monoisotopic (exact) mass is 503 g/mol. The third-order valence-electron chi connectivity index (χ3n) is 5.00. The molecule has 170 valence electrons. The molecule has 0 aliphatic rings. The molecule has 0 aliphatic carbocycles. The quantitative estimate of drug-likeness (QED) is 0.335. The summed E-state index contributed by atoms with van der Waals surface area (Å²) in [5.74, 6) is 0.202. The van der Waals surface area contributed by atoms with E-state index in [1.165, 1.54) is 4.68 Å². The summed E-state index contributed by atoms with van der Waals surface area (Å²) in [4.78, 5) is 12.8. The maximum Gasteiger partial charge on any atom is 0.276 e. The molecule has 0 saturated heterocycles. The molecule has 7 nitrogen and oxygen atoms in total. The minimum Gasteiger partial charge on any atom is -0.470 e. The van der Waals surface area contributed by atoms with Crippen LogP contribution in [0.3, 0.4) is 0 Å². The summed E-state index contributed by atoms with van der Waals surface area (Å²) >= 11 is 18.2. The lowest BCUT2D eigenvalue weighted by atomic mass is 10.2. The Morgan fingerprint density at radius 3 is 2.55 bits per heavy atom. The van der Waals surface area contributed by atoms with Gasteiger partial charge in [-0.05, 0) is 49.7 Å². The van der Waals surface area contributed by atoms with E-state index in [1.54, 1.807) is 41.2 Å². The van der Waals surface area contributed by atoms with Crippen molar-refractivity contribution in [3.05, 3.63) is 92.4 Å². The van der Waals surface area contributed by atoms with Crippen LogP contribution in [0.4, 0.5) is 5.69 Å². The number of amides is 1. The van der Waals surface area contributed by atoms with Crippen LogP contribution in [0.25, 0.3) is 0 Å². The van der Waals surface area contributed by atoms with Crippen molar-refractivity contribution in [3.8, 4) is 5.75 Å². The van der Waals surface area contributed by atoms with Crippen LogP contribution in [-0.2, 0) is 13.3 Å². The van der Waals surface area contributed by atoms with E-state index in [1.807, 2.05) is 32.0 Å². The van der Waals surface area contributed by atoms with Gasteiger partial charge in [0, 0.05) is 6.20 Å². The molecule has 2 heterocycles. The molecule has 0 saturated carbocycles. The largest absolute Gasteiger partial charge is 0.470 e. The summed E-state index contributed by atoms with van der Waals surface area (Å²) in [6, 6.07) is 14.2. The van der Waals surface area contributed by atoms with Gasteiger partial charge >= 0.3 is 0 Å². The van der Waals surface area contributed by atoms with Crippen molar-refractivity contribution >= 4 is 46.4 Å². The fourth-order valence-corrected chi connectivity index (χ4v) is 3.78. The molecule has 1 amide bonds. The third-order valence-corrected chi connectivity index (χ3v) is 6.05. The maximum atomic E-state index is 12.8. The van der Waals surface area contributed by atoms with Crippen LogP contribution in [0.2, 0.25) is 15.1 Å². The number of ether oxygens (including phenoxy) is 1. The highest BCUT2D eigenvalue weighted by Gasteiger charge is 2.17. The molecule has 0 atom stereocenters. The van der Waals surface area contributed by atoms with E-state index in [4.69, 9.17) is 39.5 Å². The number of rotatable bonds is 7. The number of nitrogens with one attached hydrogen (secondary N) is 1. The Hall–Kier alpha value is -3.00. The van der Waals surface area contributed by atoms with Crippen molar-refractivity contribution in [3.63, 3.8) is 0 Å². The van der Waals surface area contributed by atoms with E-state index in [0.29, 0.717) is 38.7 Å². The van der Waals surface area contributed by atoms with Crippen LogP contribution in [0, 0.1) is 13.8 Å². The summed E-state index contributed by atoms with van der Waals surface area (Å²) in [6.07, 6.45) is 1.67. The number of para-hydroxylation sites is 1. The zero-order chi connectivity index (χ0) is 23.5. The number of carbonyl (C=O) groups is 1. The number of hydrogen-bond donors (Lipinski definition) is 1. The van der Waals surface area contributed by atoms with E-state index in [-0.39, 0.29) is 18.3 Å². The van der Waals surface area contributed by atoms with Crippen molar-refractivity contribution in [2.75, 3.05) is 5.32 Å². The molecule has 0 unspecified atom stereocenters. The molecule has 0 fully saturated rings. The van der Waals surface area contributed by atoms with Gasteiger partial charge in [0.05, 0.1) is 38.7 Å². The Bertz CT molecular complexity index is 1320. The lowest BCUT2D eigenvalue weighted by Gasteiger charge is -2.08. The molecular weight excluding hydrogens is 485 g/mol. The number of hydrogen-bond acceptors (Lipinski definition) is 4. The number of nitrogens with zero attached hydrogens (tertiary/aromatic N) is 4. The average Bonchev–Trinajstić information content (AvgIpc) is 3.36. The molecule has 33 heavy (non-hydrogen) atoms. The van der Waals surface area contributed by atoms with Crippen molar-refractivity contribution < 1.29 is 9.53 Å². The summed E-state index contributed by atoms with van der Waals surface area (Å²) in [7, 11) is 0. The summed E-state index contributed by atoms with van der Waals surface area (Å²) in [5, 5.41) is 13.2. The predicted molar refractivity (Wildman–Crippen MR) is 130 cm³/mol. The normalized spacial score (nSPS) is 10.9. The molecule has 0 radical (unpaired) electrons. The highest BCUT2D eigenvalue weighted by Crippen LogP contribution is 2.26. The molecule has 1 N–H and O–H groups in total. The lowest BCUT2D eigenvalue weighted by Crippen LogP contribution is -2.15. The summed E-state index contributed by atoms with van der Waals surface area (Å²) in [5.41, 5.74) is 3.36. The highest BCUT2D eigenvalue weighted by atomic mass is 35.5. The van der Waals surface area contributed by atoms with Gasteiger partial charge in [-0.1, -0.05) is 53.0 Å². The van der Waals surface area contributed by atoms with Gasteiger partial charge < -0.3 is 10.1 Å². The molecule has 4 rings (SSSR count). The third kappa shape index (κ3) is 5.33. The van der Waals surface area contributed by atoms with Crippen LogP contribution >= 0.6 is 34.8 Å². The van der Waals surface area contributed by atoms with Gasteiger partial charge in [0.2, 0.25) is 0 Å². The zero-order valence-electron chi connectivity index (χ0n) is 17.8. The molecule has 0 bridgehead atoms. The number of halogens is 3. The minimum atomic E-state index is -0.341. The Labute approximate surface area is 205 Å². The summed E-state index contributed by atoms with van der Waals surface area (Å²) in [6.45, 7) is 4.34. The number of carbonyl (C=O) groups excluding carboxylic acids is 1. The van der Waals surface area contributed by atoms with Crippen molar-refractivity contribution in [1.82, 2.24) is 19.6 Å². The van der Waals surface area contributed by atoms with Gasteiger partial charge in [-0.15, -0.1) is 0 Å². The zero-order valence-corrected chi connectivity index (χ0v) is 20.1. The standard InChI is InChI=1S/C23H20Cl3N5O2/c1-14-22(15(2)31(28-14)12-16-7-8-17(24)19(26)11-16)27-23(32)20-9-10-30(29-20)13-33-21-6-4-3-5-18(21)25/h3-11H,12-13H2,1-2H3,(H,27,32). The van der Waals surface area contributed by atoms with Crippen molar-refractivity contribution in [2.45, 2.75) is 27.1 Å². The minimum absolute atomic E-state index is 0.122. The van der Waals surface area contributed by atoms with Crippen LogP contribution in [0.15, 0.2) is 54.7 Å². The van der Waals surface area contributed by atoms with E-state index < -0.39 is 0 Å².